The molecule has 0 fully saturated rings. The molecule has 5 heteroatoms. The molecule has 0 atom stereocenters. The number of nitrogens with zero attached hydrogens (tertiary/aromatic N) is 4. The van der Waals surface area contributed by atoms with Gasteiger partial charge in [-0.15, -0.1) is 28.6 Å². The predicted molar refractivity (Wildman–Crippen MR) is 214 cm³/mol. The number of aromatic nitrogens is 4. The third kappa shape index (κ3) is 6.67. The summed E-state index contributed by atoms with van der Waals surface area (Å²) in [5.74, 6) is 0. The number of fused-ring (bicyclic) bond motifs is 8. The maximum absolute atomic E-state index is 5.31. The molecule has 0 saturated carbocycles. The van der Waals surface area contributed by atoms with E-state index < -0.39 is 0 Å². The average molecular weight is 720 g/mol. The van der Waals surface area contributed by atoms with Crippen LogP contribution >= 0.6 is 0 Å². The summed E-state index contributed by atoms with van der Waals surface area (Å²) in [5.41, 5.74) is 15.0. The third-order valence-electron chi connectivity index (χ3n) is 8.86. The predicted octanol–water partition coefficient (Wildman–Crippen LogP) is 11.8. The summed E-state index contributed by atoms with van der Waals surface area (Å²) in [5, 5.41) is 0. The van der Waals surface area contributed by atoms with Gasteiger partial charge in [0.05, 0.1) is 22.8 Å². The van der Waals surface area contributed by atoms with Crippen molar-refractivity contribution in [2.45, 2.75) is 6.92 Å². The van der Waals surface area contributed by atoms with Crippen molar-refractivity contribution in [2.24, 2.45) is 0 Å². The van der Waals surface area contributed by atoms with Crippen molar-refractivity contribution < 1.29 is 19.5 Å². The maximum Gasteiger partial charge on any atom is 2.00 e. The summed E-state index contributed by atoms with van der Waals surface area (Å²) in [6.45, 7) is 5.25. The van der Waals surface area contributed by atoms with E-state index in [1.807, 2.05) is 31.2 Å². The molecule has 0 saturated heterocycles. The van der Waals surface area contributed by atoms with Crippen LogP contribution in [0.2, 0.25) is 0 Å². The molecule has 4 nitrogen and oxygen atoms in total. The van der Waals surface area contributed by atoms with E-state index in [1.165, 1.54) is 0 Å². The fraction of sp³-hybridized carbons (Fsp3) is 0.0213. The molecule has 52 heavy (non-hydrogen) atoms. The van der Waals surface area contributed by atoms with Gasteiger partial charge in [-0.2, -0.15) is 0 Å². The Labute approximate surface area is 316 Å². The Morgan fingerprint density at radius 2 is 0.596 bits per heavy atom. The normalized spacial score (nSPS) is 11.3. The van der Waals surface area contributed by atoms with Gasteiger partial charge in [-0.25, -0.2) is 9.97 Å². The van der Waals surface area contributed by atoms with Crippen LogP contribution in [0.3, 0.4) is 0 Å². The molecule has 0 radical (unpaired) electrons. The minimum Gasteiger partial charge on any atom is -0.657 e. The number of rotatable bonds is 4. The first-order valence-corrected chi connectivity index (χ1v) is 17.1. The van der Waals surface area contributed by atoms with Gasteiger partial charge >= 0.3 is 19.5 Å². The van der Waals surface area contributed by atoms with Crippen LogP contribution in [-0.2, 0) is 19.5 Å². The van der Waals surface area contributed by atoms with E-state index in [9.17, 15) is 0 Å². The van der Waals surface area contributed by atoms with Crippen LogP contribution in [0.4, 0.5) is 0 Å². The van der Waals surface area contributed by atoms with Gasteiger partial charge < -0.3 is 9.97 Å². The molecule has 0 N–H and O–H groups in total. The van der Waals surface area contributed by atoms with E-state index >= 15 is 0 Å². The van der Waals surface area contributed by atoms with Gasteiger partial charge in [0, 0.05) is 0 Å². The van der Waals surface area contributed by atoms with Crippen LogP contribution in [0.5, 0.6) is 0 Å². The zero-order chi connectivity index (χ0) is 34.6. The topological polar surface area (TPSA) is 54.0 Å². The number of allylic oxidation sites excluding steroid dienone is 1. The molecule has 5 heterocycles. The number of hydrogen-bond donors (Lipinski definition) is 0. The van der Waals surface area contributed by atoms with Crippen LogP contribution < -0.4 is 9.97 Å². The Balaban J connectivity index is 0.00000102. The standard InChI is InChI=1S/C44H28N4.C3H6.Zn/c1-5-13-29(14-6-1)41-33-21-23-35(45-33)42(30-15-7-2-8-16-30)37-25-27-39(47-37)44(32-19-11-4-12-20-32)40-28-26-38(48-40)43(31-17-9-3-10-18-31)36-24-22-34(41)46-36;1-3-2;/h1-28H;3H,1H2,2H3;/q-2;;+2. The molecule has 0 spiro atoms. The molecule has 244 valence electrons. The van der Waals surface area contributed by atoms with E-state index in [0.29, 0.717) is 0 Å². The molecular formula is C47H34N4Zn. The molecule has 0 unspecified atom stereocenters. The Bertz CT molecular complexity index is 2230. The van der Waals surface area contributed by atoms with Crippen molar-refractivity contribution in [1.82, 2.24) is 19.9 Å². The van der Waals surface area contributed by atoms with E-state index in [2.05, 4.69) is 152 Å². The first kappa shape index (κ1) is 34.3. The maximum atomic E-state index is 5.31. The van der Waals surface area contributed by atoms with Crippen molar-refractivity contribution in [1.29, 1.82) is 0 Å². The van der Waals surface area contributed by atoms with Gasteiger partial charge in [-0.05, 0) is 75.7 Å². The fourth-order valence-electron chi connectivity index (χ4n) is 6.69. The summed E-state index contributed by atoms with van der Waals surface area (Å²) in [6, 6.07) is 50.0. The molecule has 4 aromatic carbocycles. The SMILES string of the molecule is C1=Cc2nc1c(-c1ccccc1)c1ccc([n-]1)c(-c1ccccc1)c1nc(c(-c3ccccc3)c3ccc([n-]3)c2-c2ccccc2)C=C1.C=CC.[Zn+2]. The molecule has 7 aromatic rings. The van der Waals surface area contributed by atoms with Gasteiger partial charge in [-0.3, -0.25) is 0 Å². The summed E-state index contributed by atoms with van der Waals surface area (Å²) in [4.78, 5) is 21.2. The average Bonchev–Trinajstić information content (AvgIpc) is 4.02. The largest absolute Gasteiger partial charge is 2.00 e. The van der Waals surface area contributed by atoms with Crippen LogP contribution in [-0.4, -0.2) is 9.97 Å². The smallest absolute Gasteiger partial charge is 0.657 e. The first-order valence-electron chi connectivity index (χ1n) is 17.1. The summed E-state index contributed by atoms with van der Waals surface area (Å²) in [7, 11) is 0. The summed E-state index contributed by atoms with van der Waals surface area (Å²) < 4.78 is 0. The van der Waals surface area contributed by atoms with Gasteiger partial charge in [0.25, 0.3) is 0 Å². The Morgan fingerprint density at radius 1 is 0.385 bits per heavy atom. The zero-order valence-corrected chi connectivity index (χ0v) is 31.9. The van der Waals surface area contributed by atoms with E-state index in [4.69, 9.17) is 19.9 Å². The first-order chi connectivity index (χ1) is 25.2. The van der Waals surface area contributed by atoms with Crippen LogP contribution in [0.15, 0.2) is 158 Å². The van der Waals surface area contributed by atoms with Crippen molar-refractivity contribution in [3.63, 3.8) is 0 Å². The summed E-state index contributed by atoms with van der Waals surface area (Å²) in [6.07, 6.45) is 10.2. The zero-order valence-electron chi connectivity index (χ0n) is 28.9. The van der Waals surface area contributed by atoms with E-state index in [0.717, 1.165) is 89.4 Å². The van der Waals surface area contributed by atoms with Crippen LogP contribution in [0, 0.1) is 0 Å². The Hall–Kier alpha value is -6.16. The van der Waals surface area contributed by atoms with Crippen LogP contribution in [0.25, 0.3) is 90.9 Å². The molecular weight excluding hydrogens is 686 g/mol. The third-order valence-corrected chi connectivity index (χ3v) is 8.86. The van der Waals surface area contributed by atoms with Gasteiger partial charge in [0.1, 0.15) is 0 Å². The molecule has 9 rings (SSSR count). The molecule has 3 aromatic heterocycles. The van der Waals surface area contributed by atoms with Crippen molar-refractivity contribution in [2.75, 3.05) is 0 Å². The second-order valence-electron chi connectivity index (χ2n) is 12.2. The Morgan fingerprint density at radius 3 is 0.808 bits per heavy atom. The van der Waals surface area contributed by atoms with Crippen molar-refractivity contribution >= 4 is 46.4 Å². The molecule has 8 bridgehead atoms. The monoisotopic (exact) mass is 718 g/mol. The second-order valence-corrected chi connectivity index (χ2v) is 12.2. The quantitative estimate of drug-likeness (QED) is 0.134. The number of benzene rings is 4. The molecule has 2 aliphatic heterocycles. The molecule has 0 amide bonds. The van der Waals surface area contributed by atoms with Crippen molar-refractivity contribution in [3.8, 4) is 44.5 Å². The minimum absolute atomic E-state index is 0. The molecule has 2 aliphatic rings. The van der Waals surface area contributed by atoms with E-state index in [-0.39, 0.29) is 19.5 Å². The second kappa shape index (κ2) is 15.4. The molecule has 0 aliphatic carbocycles. The minimum atomic E-state index is 0. The van der Waals surface area contributed by atoms with Crippen LogP contribution in [0.1, 0.15) is 29.7 Å². The fourth-order valence-corrected chi connectivity index (χ4v) is 6.69. The number of hydrogen-bond acceptors (Lipinski definition) is 2. The van der Waals surface area contributed by atoms with Crippen molar-refractivity contribution in [3.05, 3.63) is 181 Å². The van der Waals surface area contributed by atoms with Gasteiger partial charge in [0.2, 0.25) is 0 Å². The van der Waals surface area contributed by atoms with Gasteiger partial charge in [0.15, 0.2) is 0 Å². The van der Waals surface area contributed by atoms with Gasteiger partial charge in [-0.1, -0.05) is 152 Å². The Kier molecular flexibility index (Phi) is 10.2. The van der Waals surface area contributed by atoms with E-state index in [1.54, 1.807) is 6.08 Å². The summed E-state index contributed by atoms with van der Waals surface area (Å²) >= 11 is 0.